The van der Waals surface area contributed by atoms with Gasteiger partial charge in [0.15, 0.2) is 0 Å². The third-order valence-corrected chi connectivity index (χ3v) is 3.84. The van der Waals surface area contributed by atoms with Crippen LogP contribution in [-0.4, -0.2) is 14.1 Å². The van der Waals surface area contributed by atoms with Crippen LogP contribution in [0.25, 0.3) is 11.0 Å². The highest BCUT2D eigenvalue weighted by Crippen LogP contribution is 2.22. The van der Waals surface area contributed by atoms with Gasteiger partial charge < -0.3 is 9.13 Å². The summed E-state index contributed by atoms with van der Waals surface area (Å²) in [6.45, 7) is 4.44. The molecular weight excluding hydrogens is 246 g/mol. The van der Waals surface area contributed by atoms with Crippen LogP contribution >= 0.6 is 0 Å². The smallest absolute Gasteiger partial charge is 0.110 e. The van der Waals surface area contributed by atoms with Gasteiger partial charge in [-0.2, -0.15) is 0 Å². The van der Waals surface area contributed by atoms with Gasteiger partial charge in [0.2, 0.25) is 0 Å². The monoisotopic (exact) mass is 267 g/mol. The first-order chi connectivity index (χ1) is 9.66. The number of hydrogen-bond donors (Lipinski definition) is 0. The molecule has 0 aliphatic rings. The van der Waals surface area contributed by atoms with Crippen molar-refractivity contribution in [3.8, 4) is 0 Å². The van der Waals surface area contributed by atoms with E-state index < -0.39 is 0 Å². The molecule has 0 spiro atoms. The maximum Gasteiger partial charge on any atom is 0.110 e. The molecule has 0 N–H and O–H groups in total. The third-order valence-electron chi connectivity index (χ3n) is 3.84. The third kappa shape index (κ3) is 2.24. The van der Waals surface area contributed by atoms with Crippen LogP contribution < -0.4 is 0 Å². The summed E-state index contributed by atoms with van der Waals surface area (Å²) in [6.07, 6.45) is 4.10. The summed E-state index contributed by atoms with van der Waals surface area (Å²) in [5.41, 5.74) is 3.69. The predicted octanol–water partition coefficient (Wildman–Crippen LogP) is 3.74. The molecule has 0 saturated heterocycles. The minimum absolute atomic E-state index is 0.436. The van der Waals surface area contributed by atoms with Gasteiger partial charge in [0.25, 0.3) is 0 Å². The second kappa shape index (κ2) is 5.16. The number of aryl methyl sites for hydroxylation is 3. The van der Waals surface area contributed by atoms with Crippen molar-refractivity contribution in [2.24, 2.45) is 7.05 Å². The summed E-state index contributed by atoms with van der Waals surface area (Å²) in [4.78, 5) is 4.82. The van der Waals surface area contributed by atoms with Gasteiger partial charge in [-0.3, -0.25) is 0 Å². The molecule has 0 bridgehead atoms. The number of imidazole rings is 1. The van der Waals surface area contributed by atoms with Crippen molar-refractivity contribution in [3.05, 3.63) is 54.1 Å². The second-order valence-corrected chi connectivity index (χ2v) is 5.59. The van der Waals surface area contributed by atoms with Crippen molar-refractivity contribution >= 4 is 11.0 Å². The van der Waals surface area contributed by atoms with Gasteiger partial charge >= 0.3 is 0 Å². The van der Waals surface area contributed by atoms with Crippen molar-refractivity contribution in [1.82, 2.24) is 14.1 Å². The van der Waals surface area contributed by atoms with E-state index in [1.807, 2.05) is 0 Å². The van der Waals surface area contributed by atoms with E-state index in [-0.39, 0.29) is 0 Å². The number of rotatable bonds is 4. The highest BCUT2D eigenvalue weighted by molar-refractivity contribution is 5.76. The van der Waals surface area contributed by atoms with Gasteiger partial charge in [0.1, 0.15) is 5.82 Å². The maximum absolute atomic E-state index is 4.82. The van der Waals surface area contributed by atoms with Gasteiger partial charge in [0.05, 0.1) is 11.0 Å². The molecule has 20 heavy (non-hydrogen) atoms. The molecular formula is C17H21N3. The molecule has 3 heteroatoms. The van der Waals surface area contributed by atoms with Crippen LogP contribution in [0.5, 0.6) is 0 Å². The number of para-hydroxylation sites is 2. The van der Waals surface area contributed by atoms with E-state index in [1.165, 1.54) is 17.0 Å². The van der Waals surface area contributed by atoms with E-state index >= 15 is 0 Å². The van der Waals surface area contributed by atoms with E-state index in [4.69, 9.17) is 4.98 Å². The zero-order valence-corrected chi connectivity index (χ0v) is 12.4. The molecule has 0 amide bonds. The van der Waals surface area contributed by atoms with Crippen LogP contribution in [0.1, 0.15) is 31.4 Å². The highest BCUT2D eigenvalue weighted by Gasteiger charge is 2.13. The van der Waals surface area contributed by atoms with E-state index in [0.29, 0.717) is 6.04 Å². The molecule has 0 radical (unpaired) electrons. The van der Waals surface area contributed by atoms with Crippen LogP contribution in [-0.2, 0) is 19.9 Å². The van der Waals surface area contributed by atoms with Crippen molar-refractivity contribution in [2.75, 3.05) is 0 Å². The molecule has 3 rings (SSSR count). The Bertz CT molecular complexity index is 719. The minimum atomic E-state index is 0.436. The zero-order chi connectivity index (χ0) is 14.1. The zero-order valence-electron chi connectivity index (χ0n) is 12.4. The number of fused-ring (bicyclic) bond motifs is 1. The molecule has 0 aliphatic carbocycles. The number of nitrogens with zero attached hydrogens (tertiary/aromatic N) is 3. The Morgan fingerprint density at radius 1 is 1.05 bits per heavy atom. The summed E-state index contributed by atoms with van der Waals surface area (Å²) < 4.78 is 4.54. The van der Waals surface area contributed by atoms with Crippen LogP contribution in [0.2, 0.25) is 0 Å². The average Bonchev–Trinajstić information content (AvgIpc) is 2.99. The second-order valence-electron chi connectivity index (χ2n) is 5.59. The SMILES string of the molecule is CC(C)n1c(CCc2cccn2C)nc2ccccc21. The van der Waals surface area contributed by atoms with Crippen molar-refractivity contribution in [2.45, 2.75) is 32.7 Å². The van der Waals surface area contributed by atoms with Gasteiger partial charge in [-0.15, -0.1) is 0 Å². The first-order valence-corrected chi connectivity index (χ1v) is 7.23. The Hall–Kier alpha value is -2.03. The molecule has 0 atom stereocenters. The van der Waals surface area contributed by atoms with E-state index in [1.54, 1.807) is 0 Å². The molecule has 0 fully saturated rings. The Labute approximate surface area is 119 Å². The first-order valence-electron chi connectivity index (χ1n) is 7.23. The summed E-state index contributed by atoms with van der Waals surface area (Å²) in [7, 11) is 2.10. The Kier molecular flexibility index (Phi) is 3.35. The Morgan fingerprint density at radius 3 is 2.55 bits per heavy atom. The van der Waals surface area contributed by atoms with Gasteiger partial charge in [-0.05, 0) is 44.5 Å². The molecule has 0 unspecified atom stereocenters. The summed E-state index contributed by atoms with van der Waals surface area (Å²) in [6, 6.07) is 13.1. The normalized spacial score (nSPS) is 11.6. The Balaban J connectivity index is 1.94. The van der Waals surface area contributed by atoms with Crippen LogP contribution in [0.15, 0.2) is 42.6 Å². The van der Waals surface area contributed by atoms with Crippen molar-refractivity contribution in [3.63, 3.8) is 0 Å². The summed E-state index contributed by atoms with van der Waals surface area (Å²) in [5, 5.41) is 0. The van der Waals surface area contributed by atoms with Gasteiger partial charge in [-0.25, -0.2) is 4.98 Å². The fraction of sp³-hybridized carbons (Fsp3) is 0.353. The quantitative estimate of drug-likeness (QED) is 0.706. The number of hydrogen-bond acceptors (Lipinski definition) is 1. The minimum Gasteiger partial charge on any atom is -0.354 e. The Morgan fingerprint density at radius 2 is 1.85 bits per heavy atom. The first kappa shape index (κ1) is 13.0. The van der Waals surface area contributed by atoms with E-state index in [0.717, 1.165) is 18.4 Å². The van der Waals surface area contributed by atoms with Gasteiger partial charge in [-0.1, -0.05) is 12.1 Å². The van der Waals surface area contributed by atoms with Crippen molar-refractivity contribution < 1.29 is 0 Å². The van der Waals surface area contributed by atoms with Crippen LogP contribution in [0.4, 0.5) is 0 Å². The molecule has 104 valence electrons. The lowest BCUT2D eigenvalue weighted by Crippen LogP contribution is -2.08. The number of aromatic nitrogens is 3. The topological polar surface area (TPSA) is 22.8 Å². The van der Waals surface area contributed by atoms with E-state index in [9.17, 15) is 0 Å². The fourth-order valence-corrected chi connectivity index (χ4v) is 2.84. The molecule has 2 heterocycles. The highest BCUT2D eigenvalue weighted by atomic mass is 15.1. The molecule has 3 aromatic rings. The molecule has 2 aromatic heterocycles. The lowest BCUT2D eigenvalue weighted by molar-refractivity contribution is 0.579. The number of benzene rings is 1. The molecule has 1 aromatic carbocycles. The van der Waals surface area contributed by atoms with Gasteiger partial charge in [0, 0.05) is 31.4 Å². The molecule has 0 aliphatic heterocycles. The van der Waals surface area contributed by atoms with E-state index in [2.05, 4.69) is 72.6 Å². The summed E-state index contributed by atoms with van der Waals surface area (Å²) in [5.74, 6) is 1.18. The lowest BCUT2D eigenvalue weighted by atomic mass is 10.2. The molecule has 0 saturated carbocycles. The standard InChI is InChI=1S/C17H21N3/c1-13(2)20-16-9-5-4-8-15(16)18-17(20)11-10-14-7-6-12-19(14)3/h4-9,12-13H,10-11H2,1-3H3. The largest absolute Gasteiger partial charge is 0.354 e. The van der Waals surface area contributed by atoms with Crippen LogP contribution in [0.3, 0.4) is 0 Å². The average molecular weight is 267 g/mol. The lowest BCUT2D eigenvalue weighted by Gasteiger charge is -2.13. The summed E-state index contributed by atoms with van der Waals surface area (Å²) >= 11 is 0. The maximum atomic E-state index is 4.82. The fourth-order valence-electron chi connectivity index (χ4n) is 2.84. The van der Waals surface area contributed by atoms with Crippen LogP contribution in [0, 0.1) is 0 Å². The molecule has 3 nitrogen and oxygen atoms in total. The van der Waals surface area contributed by atoms with Crippen molar-refractivity contribution in [1.29, 1.82) is 0 Å². The predicted molar refractivity (Wildman–Crippen MR) is 82.9 cm³/mol.